The zero-order valence-electron chi connectivity index (χ0n) is 11.9. The van der Waals surface area contributed by atoms with Gasteiger partial charge in [-0.2, -0.15) is 0 Å². The van der Waals surface area contributed by atoms with E-state index in [1.54, 1.807) is 6.07 Å². The van der Waals surface area contributed by atoms with E-state index in [1.807, 2.05) is 26.0 Å². The summed E-state index contributed by atoms with van der Waals surface area (Å²) < 4.78 is 5.59. The second kappa shape index (κ2) is 8.16. The summed E-state index contributed by atoms with van der Waals surface area (Å²) in [4.78, 5) is 22.7. The molecule has 0 unspecified atom stereocenters. The molecule has 6 nitrogen and oxygen atoms in total. The summed E-state index contributed by atoms with van der Waals surface area (Å²) in [6.45, 7) is 4.29. The topological polar surface area (TPSA) is 93.5 Å². The molecule has 20 heavy (non-hydrogen) atoms. The van der Waals surface area contributed by atoms with E-state index in [4.69, 9.17) is 10.5 Å². The fourth-order valence-corrected chi connectivity index (χ4v) is 1.51. The average molecular weight is 279 g/mol. The van der Waals surface area contributed by atoms with Crippen LogP contribution in [0.4, 0.5) is 5.69 Å². The predicted molar refractivity (Wildman–Crippen MR) is 77.7 cm³/mol. The summed E-state index contributed by atoms with van der Waals surface area (Å²) in [5.74, 6) is -0.0612. The molecule has 0 radical (unpaired) electrons. The molecule has 0 bridgehead atoms. The molecular formula is C14H21N3O3. The Bertz CT molecular complexity index is 475. The molecule has 1 aromatic rings. The third-order valence-electron chi connectivity index (χ3n) is 2.50. The van der Waals surface area contributed by atoms with Crippen molar-refractivity contribution < 1.29 is 14.3 Å². The maximum Gasteiger partial charge on any atom is 0.243 e. The van der Waals surface area contributed by atoms with Crippen molar-refractivity contribution in [2.45, 2.75) is 20.3 Å². The molecule has 2 amide bonds. The molecular weight excluding hydrogens is 258 g/mol. The van der Waals surface area contributed by atoms with Gasteiger partial charge < -0.3 is 21.1 Å². The normalized spacial score (nSPS) is 9.95. The monoisotopic (exact) mass is 279 g/mol. The second-order valence-corrected chi connectivity index (χ2v) is 4.38. The van der Waals surface area contributed by atoms with Gasteiger partial charge in [-0.3, -0.25) is 9.59 Å². The van der Waals surface area contributed by atoms with E-state index in [2.05, 4.69) is 10.6 Å². The van der Waals surface area contributed by atoms with Crippen molar-refractivity contribution in [3.8, 4) is 5.75 Å². The molecule has 0 atom stereocenters. The summed E-state index contributed by atoms with van der Waals surface area (Å²) in [6, 6.07) is 5.53. The van der Waals surface area contributed by atoms with Crippen LogP contribution in [0.5, 0.6) is 5.75 Å². The van der Waals surface area contributed by atoms with Gasteiger partial charge >= 0.3 is 0 Å². The molecule has 110 valence electrons. The smallest absolute Gasteiger partial charge is 0.243 e. The third-order valence-corrected chi connectivity index (χ3v) is 2.50. The molecule has 0 saturated carbocycles. The fourth-order valence-electron chi connectivity index (χ4n) is 1.51. The zero-order chi connectivity index (χ0) is 15.0. The molecule has 0 aliphatic rings. The fraction of sp³-hybridized carbons (Fsp3) is 0.429. The highest BCUT2D eigenvalue weighted by Gasteiger charge is 2.09. The van der Waals surface area contributed by atoms with Crippen molar-refractivity contribution >= 4 is 17.5 Å². The SMILES string of the molecule is CCCOc1cc(C)ccc1NC(=O)CNC(=O)CN. The first-order valence-electron chi connectivity index (χ1n) is 6.57. The summed E-state index contributed by atoms with van der Waals surface area (Å²) >= 11 is 0. The number of hydrogen-bond donors (Lipinski definition) is 3. The van der Waals surface area contributed by atoms with Crippen LogP contribution in [0.3, 0.4) is 0 Å². The Hall–Kier alpha value is -2.08. The molecule has 1 aromatic carbocycles. The van der Waals surface area contributed by atoms with Crippen molar-refractivity contribution in [2.24, 2.45) is 5.73 Å². The largest absolute Gasteiger partial charge is 0.491 e. The van der Waals surface area contributed by atoms with Crippen LogP contribution in [0.25, 0.3) is 0 Å². The van der Waals surface area contributed by atoms with Crippen molar-refractivity contribution in [3.63, 3.8) is 0 Å². The quantitative estimate of drug-likeness (QED) is 0.688. The first kappa shape index (κ1) is 16.0. The molecule has 0 aliphatic heterocycles. The highest BCUT2D eigenvalue weighted by atomic mass is 16.5. The minimum atomic E-state index is -0.369. The molecule has 0 aromatic heterocycles. The van der Waals surface area contributed by atoms with Crippen LogP contribution in [0.2, 0.25) is 0 Å². The van der Waals surface area contributed by atoms with E-state index >= 15 is 0 Å². The van der Waals surface area contributed by atoms with Crippen molar-refractivity contribution in [1.29, 1.82) is 0 Å². The molecule has 0 aliphatic carbocycles. The lowest BCUT2D eigenvalue weighted by Crippen LogP contribution is -2.36. The van der Waals surface area contributed by atoms with Gasteiger partial charge in [0.2, 0.25) is 11.8 Å². The van der Waals surface area contributed by atoms with Gasteiger partial charge in [-0.05, 0) is 31.0 Å². The Labute approximate surface area is 118 Å². The van der Waals surface area contributed by atoms with Crippen LogP contribution >= 0.6 is 0 Å². The van der Waals surface area contributed by atoms with Crippen LogP contribution in [0.15, 0.2) is 18.2 Å². The highest BCUT2D eigenvalue weighted by molar-refractivity contribution is 5.95. The number of carbonyl (C=O) groups excluding carboxylic acids is 2. The second-order valence-electron chi connectivity index (χ2n) is 4.38. The predicted octanol–water partition coefficient (Wildman–Crippen LogP) is 0.797. The number of aryl methyl sites for hydroxylation is 1. The minimum absolute atomic E-state index is 0.114. The Morgan fingerprint density at radius 2 is 2.05 bits per heavy atom. The Kier molecular flexibility index (Phi) is 6.52. The lowest BCUT2D eigenvalue weighted by Gasteiger charge is -2.13. The number of carbonyl (C=O) groups is 2. The van der Waals surface area contributed by atoms with Crippen molar-refractivity contribution in [3.05, 3.63) is 23.8 Å². The van der Waals surface area contributed by atoms with E-state index in [9.17, 15) is 9.59 Å². The van der Waals surface area contributed by atoms with Gasteiger partial charge in [0, 0.05) is 0 Å². The van der Waals surface area contributed by atoms with Crippen LogP contribution < -0.4 is 21.1 Å². The van der Waals surface area contributed by atoms with E-state index < -0.39 is 0 Å². The number of nitrogens with two attached hydrogens (primary N) is 1. The molecule has 4 N–H and O–H groups in total. The Balaban J connectivity index is 2.65. The van der Waals surface area contributed by atoms with E-state index in [0.717, 1.165) is 12.0 Å². The average Bonchev–Trinajstić information content (AvgIpc) is 2.44. The highest BCUT2D eigenvalue weighted by Crippen LogP contribution is 2.25. The summed E-state index contributed by atoms with van der Waals surface area (Å²) in [5.41, 5.74) is 6.78. The summed E-state index contributed by atoms with van der Waals surface area (Å²) in [7, 11) is 0. The Morgan fingerprint density at radius 3 is 2.70 bits per heavy atom. The summed E-state index contributed by atoms with van der Waals surface area (Å²) in [5, 5.41) is 5.12. The first-order chi connectivity index (χ1) is 9.56. The van der Waals surface area contributed by atoms with Crippen LogP contribution in [-0.2, 0) is 9.59 Å². The molecule has 0 saturated heterocycles. The van der Waals surface area contributed by atoms with Gasteiger partial charge in [-0.1, -0.05) is 13.0 Å². The van der Waals surface area contributed by atoms with Crippen LogP contribution in [-0.4, -0.2) is 31.5 Å². The first-order valence-corrected chi connectivity index (χ1v) is 6.57. The number of anilines is 1. The number of hydrogen-bond acceptors (Lipinski definition) is 4. The number of amides is 2. The number of nitrogens with one attached hydrogen (secondary N) is 2. The standard InChI is InChI=1S/C14H21N3O3/c1-3-6-20-12-7-10(2)4-5-11(12)17-14(19)9-16-13(18)8-15/h4-5,7H,3,6,8-9,15H2,1-2H3,(H,16,18)(H,17,19). The maximum atomic E-state index is 11.7. The maximum absolute atomic E-state index is 11.7. The van der Waals surface area contributed by atoms with Gasteiger partial charge in [0.15, 0.2) is 0 Å². The third kappa shape index (κ3) is 5.27. The molecule has 6 heteroatoms. The van der Waals surface area contributed by atoms with Crippen molar-refractivity contribution in [2.75, 3.05) is 25.0 Å². The lowest BCUT2D eigenvalue weighted by molar-refractivity contribution is -0.123. The molecule has 0 heterocycles. The van der Waals surface area contributed by atoms with Crippen LogP contribution in [0.1, 0.15) is 18.9 Å². The minimum Gasteiger partial charge on any atom is -0.491 e. The molecule has 0 spiro atoms. The van der Waals surface area contributed by atoms with Crippen LogP contribution in [0, 0.1) is 6.92 Å². The van der Waals surface area contributed by atoms with Gasteiger partial charge in [-0.25, -0.2) is 0 Å². The number of rotatable bonds is 7. The van der Waals surface area contributed by atoms with E-state index in [0.29, 0.717) is 18.0 Å². The molecule has 1 rings (SSSR count). The van der Waals surface area contributed by atoms with Crippen molar-refractivity contribution in [1.82, 2.24) is 5.32 Å². The van der Waals surface area contributed by atoms with Gasteiger partial charge in [0.1, 0.15) is 5.75 Å². The lowest BCUT2D eigenvalue weighted by atomic mass is 10.2. The summed E-state index contributed by atoms with van der Waals surface area (Å²) in [6.07, 6.45) is 0.883. The number of ether oxygens (including phenoxy) is 1. The van der Waals surface area contributed by atoms with E-state index in [-0.39, 0.29) is 24.9 Å². The van der Waals surface area contributed by atoms with Gasteiger partial charge in [-0.15, -0.1) is 0 Å². The Morgan fingerprint density at radius 1 is 1.30 bits per heavy atom. The molecule has 0 fully saturated rings. The number of benzene rings is 1. The van der Waals surface area contributed by atoms with Gasteiger partial charge in [0.25, 0.3) is 0 Å². The van der Waals surface area contributed by atoms with Gasteiger partial charge in [0.05, 0.1) is 25.4 Å². The zero-order valence-corrected chi connectivity index (χ0v) is 11.9. The van der Waals surface area contributed by atoms with E-state index in [1.165, 1.54) is 0 Å².